The first-order valence-electron chi connectivity index (χ1n) is 11.6. The van der Waals surface area contributed by atoms with Gasteiger partial charge in [0, 0.05) is 0 Å². The Morgan fingerprint density at radius 2 is 0.846 bits per heavy atom. The van der Waals surface area contributed by atoms with Gasteiger partial charge >= 0.3 is 7.60 Å². The van der Waals surface area contributed by atoms with E-state index in [9.17, 15) is 4.57 Å². The van der Waals surface area contributed by atoms with Crippen LogP contribution in [-0.2, 0) is 13.6 Å². The molecule has 0 saturated heterocycles. The Labute approximate surface area is 164 Å². The van der Waals surface area contributed by atoms with E-state index in [1.165, 1.54) is 77.0 Å². The third-order valence-electron chi connectivity index (χ3n) is 4.86. The maximum atomic E-state index is 12.9. The standard InChI is InChI=1S/C22H47O3P/c1-4-7-10-12-14-16-18-20-24-26(23,22-9-6-3)25-21-19-17-15-13-11-8-5-2/h4-22H2,1-3H3. The number of hydrogen-bond acceptors (Lipinski definition) is 3. The molecule has 26 heavy (non-hydrogen) atoms. The Kier molecular flexibility index (Phi) is 20.0. The molecule has 3 nitrogen and oxygen atoms in total. The monoisotopic (exact) mass is 390 g/mol. The second-order valence-corrected chi connectivity index (χ2v) is 9.78. The van der Waals surface area contributed by atoms with Crippen molar-refractivity contribution in [1.82, 2.24) is 0 Å². The van der Waals surface area contributed by atoms with E-state index in [0.717, 1.165) is 25.7 Å². The third kappa shape index (κ3) is 17.6. The zero-order valence-corrected chi connectivity index (χ0v) is 19.0. The first-order valence-corrected chi connectivity index (χ1v) is 13.3. The van der Waals surface area contributed by atoms with Gasteiger partial charge in [-0.2, -0.15) is 0 Å². The molecule has 0 aliphatic rings. The van der Waals surface area contributed by atoms with E-state index >= 15 is 0 Å². The van der Waals surface area contributed by atoms with Gasteiger partial charge in [0.2, 0.25) is 0 Å². The lowest BCUT2D eigenvalue weighted by molar-refractivity contribution is 0.197. The zero-order valence-electron chi connectivity index (χ0n) is 18.1. The molecule has 0 bridgehead atoms. The van der Waals surface area contributed by atoms with E-state index in [2.05, 4.69) is 20.8 Å². The highest BCUT2D eigenvalue weighted by Gasteiger charge is 2.23. The minimum absolute atomic E-state index is 0.580. The lowest BCUT2D eigenvalue weighted by Crippen LogP contribution is -2.03. The molecule has 0 aliphatic carbocycles. The largest absolute Gasteiger partial charge is 0.330 e. The Balaban J connectivity index is 3.80. The maximum absolute atomic E-state index is 12.9. The van der Waals surface area contributed by atoms with Crippen molar-refractivity contribution in [1.29, 1.82) is 0 Å². The van der Waals surface area contributed by atoms with Crippen LogP contribution >= 0.6 is 7.60 Å². The van der Waals surface area contributed by atoms with Crippen molar-refractivity contribution >= 4 is 7.60 Å². The molecule has 0 aromatic carbocycles. The van der Waals surface area contributed by atoms with Crippen LogP contribution < -0.4 is 0 Å². The van der Waals surface area contributed by atoms with Crippen LogP contribution in [0.5, 0.6) is 0 Å². The number of unbranched alkanes of at least 4 members (excludes halogenated alkanes) is 13. The van der Waals surface area contributed by atoms with Crippen molar-refractivity contribution in [2.24, 2.45) is 0 Å². The fourth-order valence-electron chi connectivity index (χ4n) is 3.04. The Morgan fingerprint density at radius 1 is 0.500 bits per heavy atom. The van der Waals surface area contributed by atoms with Crippen molar-refractivity contribution in [2.75, 3.05) is 19.4 Å². The summed E-state index contributed by atoms with van der Waals surface area (Å²) in [6, 6.07) is 0. The van der Waals surface area contributed by atoms with Crippen LogP contribution in [0.2, 0.25) is 0 Å². The fraction of sp³-hybridized carbons (Fsp3) is 1.00. The molecule has 0 atom stereocenters. The molecule has 0 aromatic rings. The second-order valence-electron chi connectivity index (χ2n) is 7.60. The van der Waals surface area contributed by atoms with Gasteiger partial charge in [-0.3, -0.25) is 4.57 Å². The smallest absolute Gasteiger partial charge is 0.309 e. The van der Waals surface area contributed by atoms with Crippen molar-refractivity contribution in [2.45, 2.75) is 124 Å². The van der Waals surface area contributed by atoms with Crippen molar-refractivity contribution < 1.29 is 13.6 Å². The number of hydrogen-bond donors (Lipinski definition) is 0. The molecule has 0 spiro atoms. The summed E-state index contributed by atoms with van der Waals surface area (Å²) >= 11 is 0. The highest BCUT2D eigenvalue weighted by atomic mass is 31.2. The summed E-state index contributed by atoms with van der Waals surface area (Å²) < 4.78 is 24.4. The average molecular weight is 391 g/mol. The lowest BCUT2D eigenvalue weighted by Gasteiger charge is -2.18. The second kappa shape index (κ2) is 19.9. The molecule has 0 amide bonds. The summed E-state index contributed by atoms with van der Waals surface area (Å²) in [4.78, 5) is 0. The van der Waals surface area contributed by atoms with E-state index in [-0.39, 0.29) is 0 Å². The van der Waals surface area contributed by atoms with Gasteiger partial charge in [-0.25, -0.2) is 0 Å². The fourth-order valence-corrected chi connectivity index (χ4v) is 4.89. The highest BCUT2D eigenvalue weighted by Crippen LogP contribution is 2.49. The average Bonchev–Trinajstić information content (AvgIpc) is 2.64. The van der Waals surface area contributed by atoms with Crippen LogP contribution in [0.3, 0.4) is 0 Å². The van der Waals surface area contributed by atoms with E-state index in [1.54, 1.807) is 0 Å². The van der Waals surface area contributed by atoms with Gasteiger partial charge in [-0.1, -0.05) is 104 Å². The van der Waals surface area contributed by atoms with Crippen LogP contribution in [0.4, 0.5) is 0 Å². The molecule has 158 valence electrons. The molecule has 0 heterocycles. The molecule has 0 unspecified atom stereocenters. The van der Waals surface area contributed by atoms with E-state index in [0.29, 0.717) is 19.4 Å². The molecular weight excluding hydrogens is 343 g/mol. The topological polar surface area (TPSA) is 35.5 Å². The van der Waals surface area contributed by atoms with Gasteiger partial charge in [0.05, 0.1) is 19.4 Å². The minimum Gasteiger partial charge on any atom is -0.309 e. The van der Waals surface area contributed by atoms with Crippen LogP contribution in [0.15, 0.2) is 0 Å². The van der Waals surface area contributed by atoms with Gasteiger partial charge < -0.3 is 9.05 Å². The minimum atomic E-state index is -2.87. The van der Waals surface area contributed by atoms with Gasteiger partial charge in [0.25, 0.3) is 0 Å². The summed E-state index contributed by atoms with van der Waals surface area (Å²) in [6.45, 7) is 7.79. The SMILES string of the molecule is CCCCCCCCCOP(=O)(CCCC)OCCCCCCCCC. The van der Waals surface area contributed by atoms with Crippen LogP contribution in [0, 0.1) is 0 Å². The molecule has 0 N–H and O–H groups in total. The maximum Gasteiger partial charge on any atom is 0.330 e. The third-order valence-corrected chi connectivity index (χ3v) is 6.87. The summed E-state index contributed by atoms with van der Waals surface area (Å²) in [5.74, 6) is 0. The van der Waals surface area contributed by atoms with Gasteiger partial charge in [-0.15, -0.1) is 0 Å². The van der Waals surface area contributed by atoms with Gasteiger partial charge in [0.1, 0.15) is 0 Å². The molecule has 0 aliphatic heterocycles. The first-order chi connectivity index (χ1) is 12.7. The van der Waals surface area contributed by atoms with Gasteiger partial charge in [0.15, 0.2) is 0 Å². The normalized spacial score (nSPS) is 12.0. The zero-order chi connectivity index (χ0) is 19.3. The summed E-state index contributed by atoms with van der Waals surface area (Å²) in [6.07, 6.45) is 20.0. The predicted molar refractivity (Wildman–Crippen MR) is 115 cm³/mol. The summed E-state index contributed by atoms with van der Waals surface area (Å²) in [5, 5.41) is 0. The molecule has 0 saturated carbocycles. The molecule has 0 fully saturated rings. The van der Waals surface area contributed by atoms with Gasteiger partial charge in [-0.05, 0) is 19.3 Å². The number of rotatable bonds is 21. The van der Waals surface area contributed by atoms with E-state index in [1.807, 2.05) is 0 Å². The molecular formula is C22H47O3P. The summed E-state index contributed by atoms with van der Waals surface area (Å²) in [7, 11) is -2.87. The molecule has 4 heteroatoms. The van der Waals surface area contributed by atoms with Crippen LogP contribution in [0.1, 0.15) is 124 Å². The quantitative estimate of drug-likeness (QED) is 0.145. The van der Waals surface area contributed by atoms with Crippen LogP contribution in [-0.4, -0.2) is 19.4 Å². The molecule has 0 rings (SSSR count). The van der Waals surface area contributed by atoms with Crippen molar-refractivity contribution in [3.05, 3.63) is 0 Å². The lowest BCUT2D eigenvalue weighted by atomic mass is 10.1. The summed E-state index contributed by atoms with van der Waals surface area (Å²) in [5.41, 5.74) is 0. The van der Waals surface area contributed by atoms with Crippen LogP contribution in [0.25, 0.3) is 0 Å². The highest BCUT2D eigenvalue weighted by molar-refractivity contribution is 7.53. The predicted octanol–water partition coefficient (Wildman–Crippen LogP) is 8.51. The Morgan fingerprint density at radius 3 is 1.23 bits per heavy atom. The van der Waals surface area contributed by atoms with Crippen molar-refractivity contribution in [3.8, 4) is 0 Å². The molecule has 0 radical (unpaired) electrons. The van der Waals surface area contributed by atoms with E-state index in [4.69, 9.17) is 9.05 Å². The Bertz CT molecular complexity index is 297. The van der Waals surface area contributed by atoms with Crippen molar-refractivity contribution in [3.63, 3.8) is 0 Å². The Hall–Kier alpha value is 0.150. The molecule has 0 aromatic heterocycles. The van der Waals surface area contributed by atoms with E-state index < -0.39 is 7.60 Å². The first kappa shape index (κ1) is 26.1.